The van der Waals surface area contributed by atoms with Gasteiger partial charge in [0.15, 0.2) is 0 Å². The third kappa shape index (κ3) is 2.41. The summed E-state index contributed by atoms with van der Waals surface area (Å²) in [4.78, 5) is 34.9. The van der Waals surface area contributed by atoms with Crippen molar-refractivity contribution in [3.8, 4) is 0 Å². The van der Waals surface area contributed by atoms with E-state index in [0.717, 1.165) is 6.07 Å². The van der Waals surface area contributed by atoms with E-state index in [1.165, 1.54) is 0 Å². The van der Waals surface area contributed by atoms with Crippen LogP contribution in [0.4, 0.5) is 0 Å². The normalized spacial score (nSPS) is 8.67. The van der Waals surface area contributed by atoms with Crippen LogP contribution in [0, 0.1) is 0 Å². The van der Waals surface area contributed by atoms with Crippen LogP contribution < -0.4 is 11.2 Å². The van der Waals surface area contributed by atoms with Crippen molar-refractivity contribution in [2.75, 3.05) is 0 Å². The van der Waals surface area contributed by atoms with Crippen molar-refractivity contribution in [1.29, 1.82) is 0 Å². The quantitative estimate of drug-likeness (QED) is 0.422. The van der Waals surface area contributed by atoms with E-state index in [1.807, 2.05) is 9.97 Å². The van der Waals surface area contributed by atoms with Crippen LogP contribution in [0.25, 0.3) is 0 Å². The van der Waals surface area contributed by atoms with Gasteiger partial charge in [0, 0.05) is 6.07 Å². The van der Waals surface area contributed by atoms with Crippen LogP contribution in [0.1, 0.15) is 10.5 Å². The summed E-state index contributed by atoms with van der Waals surface area (Å²) in [5.41, 5.74) is -1.97. The first-order chi connectivity index (χ1) is 5.09. The maximum atomic E-state index is 10.5. The number of hydrogen-bond donors (Lipinski definition) is 3. The zero-order valence-corrected chi connectivity index (χ0v) is 5.25. The predicted octanol–water partition coefficient (Wildman–Crippen LogP) is -1.89. The van der Waals surface area contributed by atoms with Crippen molar-refractivity contribution in [2.45, 2.75) is 0 Å². The molecule has 0 spiro atoms. The van der Waals surface area contributed by atoms with Crippen molar-refractivity contribution < 1.29 is 9.90 Å². The summed E-state index contributed by atoms with van der Waals surface area (Å²) in [5.74, 6) is -1.34. The summed E-state index contributed by atoms with van der Waals surface area (Å²) >= 11 is 0. The van der Waals surface area contributed by atoms with E-state index in [1.54, 1.807) is 0 Å². The van der Waals surface area contributed by atoms with Crippen molar-refractivity contribution in [1.82, 2.24) is 9.97 Å². The van der Waals surface area contributed by atoms with Gasteiger partial charge in [-0.1, -0.05) is 0 Å². The molecule has 6 nitrogen and oxygen atoms in total. The van der Waals surface area contributed by atoms with Crippen molar-refractivity contribution in [3.05, 3.63) is 32.6 Å². The van der Waals surface area contributed by atoms with Crippen molar-refractivity contribution in [2.24, 2.45) is 0 Å². The molecule has 12 heavy (non-hydrogen) atoms. The Morgan fingerprint density at radius 1 is 1.33 bits per heavy atom. The van der Waals surface area contributed by atoms with Crippen LogP contribution in [0.2, 0.25) is 0 Å². The molecule has 7 heteroatoms. The Morgan fingerprint density at radius 2 is 1.92 bits per heavy atom. The molecule has 0 radical (unpaired) electrons. The molecule has 1 heterocycles. The van der Waals surface area contributed by atoms with Gasteiger partial charge in [-0.15, -0.1) is 0 Å². The second-order valence-electron chi connectivity index (χ2n) is 1.81. The molecule has 0 aliphatic heterocycles. The Bertz CT molecular complexity index is 365. The van der Waals surface area contributed by atoms with E-state index in [2.05, 4.69) is 0 Å². The molecule has 60 valence electrons. The number of aromatic amines is 2. The first kappa shape index (κ1) is 10.7. The molecule has 1 aromatic rings. The first-order valence-electron chi connectivity index (χ1n) is 2.66. The summed E-state index contributed by atoms with van der Waals surface area (Å²) < 4.78 is 0. The number of nitrogens with one attached hydrogen (secondary N) is 2. The molecule has 3 N–H and O–H groups in total. The Morgan fingerprint density at radius 3 is 2.33 bits per heavy atom. The number of carboxylic acid groups (broad SMARTS) is 1. The molecular formula is C5H5LiN2O4. The summed E-state index contributed by atoms with van der Waals surface area (Å²) in [6, 6.07) is 0.795. The van der Waals surface area contributed by atoms with Crippen LogP contribution >= 0.6 is 0 Å². The fourth-order valence-corrected chi connectivity index (χ4v) is 0.584. The SMILES string of the molecule is O=C(O)c1cc(=O)[nH]c(=O)[nH]1.[LiH]. The molecule has 1 aromatic heterocycles. The van der Waals surface area contributed by atoms with Gasteiger partial charge in [-0.3, -0.25) is 9.78 Å². The Labute approximate surface area is 77.8 Å². The van der Waals surface area contributed by atoms with Crippen LogP contribution in [0.15, 0.2) is 15.7 Å². The van der Waals surface area contributed by atoms with Crippen LogP contribution in [-0.4, -0.2) is 39.9 Å². The monoisotopic (exact) mass is 164 g/mol. The van der Waals surface area contributed by atoms with Gasteiger partial charge in [0.05, 0.1) is 0 Å². The van der Waals surface area contributed by atoms with Gasteiger partial charge in [-0.25, -0.2) is 9.59 Å². The van der Waals surface area contributed by atoms with Gasteiger partial charge in [0.2, 0.25) is 0 Å². The molecule has 0 saturated heterocycles. The minimum absolute atomic E-state index is 0. The van der Waals surface area contributed by atoms with Gasteiger partial charge >= 0.3 is 30.5 Å². The molecule has 0 aliphatic carbocycles. The van der Waals surface area contributed by atoms with Crippen LogP contribution in [-0.2, 0) is 0 Å². The number of carboxylic acids is 1. The topological polar surface area (TPSA) is 103 Å². The number of hydrogen-bond acceptors (Lipinski definition) is 3. The fourth-order valence-electron chi connectivity index (χ4n) is 0.584. The second-order valence-corrected chi connectivity index (χ2v) is 1.81. The Kier molecular flexibility index (Phi) is 3.53. The average Bonchev–Trinajstić information content (AvgIpc) is 1.85. The summed E-state index contributed by atoms with van der Waals surface area (Å²) in [6.07, 6.45) is 0. The van der Waals surface area contributed by atoms with Crippen molar-refractivity contribution in [3.63, 3.8) is 0 Å². The van der Waals surface area contributed by atoms with E-state index in [0.29, 0.717) is 0 Å². The zero-order valence-electron chi connectivity index (χ0n) is 5.25. The Hall–Kier alpha value is -1.25. The number of rotatable bonds is 1. The minimum atomic E-state index is -1.34. The molecule has 0 amide bonds. The molecule has 0 unspecified atom stereocenters. The molecule has 1 rings (SSSR count). The molecule has 0 fully saturated rings. The average molecular weight is 164 g/mol. The van der Waals surface area contributed by atoms with Crippen molar-refractivity contribution >= 4 is 24.8 Å². The standard InChI is InChI=1S/C5H4N2O4.Li.H/c8-3-1-2(4(9)10)6-5(11)7-3;;/h1H,(H,9,10)(H2,6,7,8,11);;. The third-order valence-electron chi connectivity index (χ3n) is 0.991. The van der Waals surface area contributed by atoms with Crippen LogP contribution in [0.5, 0.6) is 0 Å². The second kappa shape index (κ2) is 3.95. The Balaban J connectivity index is 0.00000121. The van der Waals surface area contributed by atoms with Gasteiger partial charge < -0.3 is 10.1 Å². The van der Waals surface area contributed by atoms with Gasteiger partial charge in [-0.05, 0) is 0 Å². The molecule has 0 aromatic carbocycles. The van der Waals surface area contributed by atoms with E-state index < -0.39 is 22.9 Å². The van der Waals surface area contributed by atoms with Gasteiger partial charge in [0.25, 0.3) is 5.56 Å². The number of H-pyrrole nitrogens is 2. The van der Waals surface area contributed by atoms with E-state index in [4.69, 9.17) is 5.11 Å². The zero-order chi connectivity index (χ0) is 8.43. The summed E-state index contributed by atoms with van der Waals surface area (Å²) in [5, 5.41) is 8.31. The summed E-state index contributed by atoms with van der Waals surface area (Å²) in [7, 11) is 0. The first-order valence-corrected chi connectivity index (χ1v) is 2.66. The van der Waals surface area contributed by atoms with Gasteiger partial charge in [-0.2, -0.15) is 0 Å². The fraction of sp³-hybridized carbons (Fsp3) is 0. The third-order valence-corrected chi connectivity index (χ3v) is 0.991. The molecule has 0 bridgehead atoms. The molecule has 0 saturated carbocycles. The maximum absolute atomic E-state index is 10.5. The molecule has 0 aliphatic rings. The van der Waals surface area contributed by atoms with Gasteiger partial charge in [0.1, 0.15) is 5.69 Å². The predicted molar refractivity (Wildman–Crippen MR) is 41.8 cm³/mol. The number of carbonyl (C=O) groups is 1. The van der Waals surface area contributed by atoms with E-state index >= 15 is 0 Å². The number of aromatic carboxylic acids is 1. The van der Waals surface area contributed by atoms with E-state index in [9.17, 15) is 14.4 Å². The molecule has 0 atom stereocenters. The molecular weight excluding hydrogens is 159 g/mol. The van der Waals surface area contributed by atoms with Crippen LogP contribution in [0.3, 0.4) is 0 Å². The number of aromatic nitrogens is 2. The van der Waals surface area contributed by atoms with E-state index in [-0.39, 0.29) is 18.9 Å². The summed E-state index contributed by atoms with van der Waals surface area (Å²) in [6.45, 7) is 0.